The number of fused-ring (bicyclic) bond motifs is 1. The molecule has 2 aliphatic rings. The summed E-state index contributed by atoms with van der Waals surface area (Å²) in [6.45, 7) is 5.61. The van der Waals surface area contributed by atoms with Crippen LogP contribution in [-0.2, 0) is 12.8 Å². The van der Waals surface area contributed by atoms with Crippen molar-refractivity contribution in [3.05, 3.63) is 41.5 Å². The van der Waals surface area contributed by atoms with Gasteiger partial charge in [0.2, 0.25) is 0 Å². The first-order valence-electron chi connectivity index (χ1n) is 9.30. The van der Waals surface area contributed by atoms with Crippen LogP contribution in [0.4, 0.5) is 5.82 Å². The minimum absolute atomic E-state index is 0.209. The van der Waals surface area contributed by atoms with E-state index in [4.69, 9.17) is 0 Å². The van der Waals surface area contributed by atoms with Gasteiger partial charge in [0.15, 0.2) is 5.82 Å². The molecule has 0 atom stereocenters. The van der Waals surface area contributed by atoms with Gasteiger partial charge in [-0.05, 0) is 68.7 Å². The van der Waals surface area contributed by atoms with Crippen molar-refractivity contribution in [2.24, 2.45) is 0 Å². The van der Waals surface area contributed by atoms with Gasteiger partial charge in [-0.15, -0.1) is 10.2 Å². The summed E-state index contributed by atoms with van der Waals surface area (Å²) in [4.78, 5) is 0. The Hall–Kier alpha value is -2.40. The van der Waals surface area contributed by atoms with Crippen molar-refractivity contribution in [2.45, 2.75) is 57.1 Å². The highest BCUT2D eigenvalue weighted by molar-refractivity contribution is 5.74. The lowest BCUT2D eigenvalue weighted by molar-refractivity contribution is -0.0235. The van der Waals surface area contributed by atoms with E-state index >= 15 is 0 Å². The second kappa shape index (κ2) is 6.40. The van der Waals surface area contributed by atoms with Gasteiger partial charge in [0.05, 0.1) is 5.60 Å². The molecule has 26 heavy (non-hydrogen) atoms. The van der Waals surface area contributed by atoms with Crippen molar-refractivity contribution >= 4 is 11.9 Å². The summed E-state index contributed by atoms with van der Waals surface area (Å²) in [6, 6.07) is 5.78. The van der Waals surface area contributed by atoms with Crippen LogP contribution in [0.3, 0.4) is 0 Å². The molecule has 0 spiro atoms. The van der Waals surface area contributed by atoms with Crippen LogP contribution in [0.15, 0.2) is 24.8 Å². The molecule has 136 valence electrons. The summed E-state index contributed by atoms with van der Waals surface area (Å²) in [5, 5.41) is 32.8. The average Bonchev–Trinajstić information content (AvgIpc) is 2.61. The first kappa shape index (κ1) is 17.0. The third kappa shape index (κ3) is 3.07. The molecule has 1 fully saturated rings. The Morgan fingerprint density at radius 2 is 1.92 bits per heavy atom. The third-order valence-electron chi connectivity index (χ3n) is 5.52. The van der Waals surface area contributed by atoms with E-state index in [0.717, 1.165) is 61.2 Å². The molecular formula is C21H25N3O2. The zero-order valence-electron chi connectivity index (χ0n) is 15.1. The molecule has 1 heterocycles. The number of hydrogen-bond acceptors (Lipinski definition) is 5. The monoisotopic (exact) mass is 351 g/mol. The summed E-state index contributed by atoms with van der Waals surface area (Å²) in [5.41, 5.74) is 4.20. The van der Waals surface area contributed by atoms with E-state index in [1.54, 1.807) is 12.1 Å². The van der Waals surface area contributed by atoms with Crippen molar-refractivity contribution < 1.29 is 10.2 Å². The van der Waals surface area contributed by atoms with Crippen molar-refractivity contribution in [2.75, 3.05) is 5.32 Å². The quantitative estimate of drug-likeness (QED) is 0.783. The zero-order chi connectivity index (χ0) is 18.3. The third-order valence-corrected chi connectivity index (χ3v) is 5.52. The van der Waals surface area contributed by atoms with Crippen LogP contribution in [0.5, 0.6) is 5.75 Å². The minimum Gasteiger partial charge on any atom is -0.507 e. The van der Waals surface area contributed by atoms with Gasteiger partial charge in [-0.1, -0.05) is 18.7 Å². The lowest BCUT2D eigenvalue weighted by Gasteiger charge is -2.41. The number of anilines is 1. The Labute approximate surface area is 153 Å². The van der Waals surface area contributed by atoms with Crippen LogP contribution in [0.25, 0.3) is 17.3 Å². The molecule has 1 saturated carbocycles. The molecule has 0 amide bonds. The molecule has 0 unspecified atom stereocenters. The van der Waals surface area contributed by atoms with Crippen LogP contribution >= 0.6 is 0 Å². The number of aliphatic hydroxyl groups is 1. The molecule has 2 aliphatic carbocycles. The normalized spacial score (nSPS) is 24.5. The largest absolute Gasteiger partial charge is 0.507 e. The summed E-state index contributed by atoms with van der Waals surface area (Å²) in [5.74, 6) is 1.05. The van der Waals surface area contributed by atoms with Crippen molar-refractivity contribution in [1.29, 1.82) is 0 Å². The predicted molar refractivity (Wildman–Crippen MR) is 103 cm³/mol. The first-order chi connectivity index (χ1) is 12.5. The fraction of sp³-hybridized carbons (Fsp3) is 0.429. The van der Waals surface area contributed by atoms with Gasteiger partial charge in [0.1, 0.15) is 11.4 Å². The van der Waals surface area contributed by atoms with Gasteiger partial charge in [0, 0.05) is 17.2 Å². The highest BCUT2D eigenvalue weighted by Crippen LogP contribution is 2.39. The van der Waals surface area contributed by atoms with Crippen molar-refractivity contribution in [1.82, 2.24) is 10.2 Å². The second-order valence-corrected chi connectivity index (χ2v) is 7.79. The average molecular weight is 351 g/mol. The van der Waals surface area contributed by atoms with Crippen LogP contribution in [-0.4, -0.2) is 32.1 Å². The Balaban J connectivity index is 1.70. The van der Waals surface area contributed by atoms with E-state index in [1.165, 1.54) is 11.1 Å². The summed E-state index contributed by atoms with van der Waals surface area (Å²) < 4.78 is 0. The van der Waals surface area contributed by atoms with E-state index in [1.807, 2.05) is 19.1 Å². The number of phenols is 1. The van der Waals surface area contributed by atoms with Crippen LogP contribution in [0.1, 0.15) is 49.3 Å². The summed E-state index contributed by atoms with van der Waals surface area (Å²) in [6.07, 6.45) is 7.34. The number of aromatic hydroxyl groups is 1. The van der Waals surface area contributed by atoms with Gasteiger partial charge in [-0.25, -0.2) is 0 Å². The molecule has 5 heteroatoms. The molecule has 0 bridgehead atoms. The topological polar surface area (TPSA) is 78.3 Å². The number of hydrogen-bond donors (Lipinski definition) is 3. The van der Waals surface area contributed by atoms with E-state index in [0.29, 0.717) is 0 Å². The van der Waals surface area contributed by atoms with Crippen LogP contribution in [0, 0.1) is 0 Å². The van der Waals surface area contributed by atoms with E-state index in [-0.39, 0.29) is 11.8 Å². The molecule has 0 saturated heterocycles. The SMILES string of the molecule is C=Cc1ccc(-c2nnc(NC3CC(C)(O)C3)c3c2CCCC3)c(O)c1. The van der Waals surface area contributed by atoms with Gasteiger partial charge >= 0.3 is 0 Å². The van der Waals surface area contributed by atoms with E-state index < -0.39 is 5.60 Å². The molecular weight excluding hydrogens is 326 g/mol. The van der Waals surface area contributed by atoms with Crippen LogP contribution in [0.2, 0.25) is 0 Å². The molecule has 0 aliphatic heterocycles. The number of aromatic nitrogens is 2. The predicted octanol–water partition coefficient (Wildman–Crippen LogP) is 3.70. The number of nitrogens with zero attached hydrogens (tertiary/aromatic N) is 2. The Morgan fingerprint density at radius 1 is 1.19 bits per heavy atom. The van der Waals surface area contributed by atoms with E-state index in [2.05, 4.69) is 22.1 Å². The smallest absolute Gasteiger partial charge is 0.152 e. The Kier molecular flexibility index (Phi) is 4.19. The second-order valence-electron chi connectivity index (χ2n) is 7.79. The van der Waals surface area contributed by atoms with Crippen LogP contribution < -0.4 is 5.32 Å². The molecule has 3 N–H and O–H groups in total. The Bertz CT molecular complexity index is 853. The zero-order valence-corrected chi connectivity index (χ0v) is 15.1. The van der Waals surface area contributed by atoms with Crippen molar-refractivity contribution in [3.63, 3.8) is 0 Å². The van der Waals surface area contributed by atoms with Gasteiger partial charge in [-0.2, -0.15) is 0 Å². The highest BCUT2D eigenvalue weighted by atomic mass is 16.3. The number of benzene rings is 1. The maximum Gasteiger partial charge on any atom is 0.152 e. The van der Waals surface area contributed by atoms with Gasteiger partial charge in [0.25, 0.3) is 0 Å². The number of phenolic OH excluding ortho intramolecular Hbond substituents is 1. The number of rotatable bonds is 4. The van der Waals surface area contributed by atoms with Crippen molar-refractivity contribution in [3.8, 4) is 17.0 Å². The summed E-state index contributed by atoms with van der Waals surface area (Å²) >= 11 is 0. The number of nitrogens with one attached hydrogen (secondary N) is 1. The summed E-state index contributed by atoms with van der Waals surface area (Å²) in [7, 11) is 0. The standard InChI is InChI=1S/C21H25N3O2/c1-3-13-8-9-17(18(25)10-13)19-15-6-4-5-7-16(15)20(24-23-19)22-14-11-21(2,26)12-14/h3,8-10,14,25-26H,1,4-7,11-12H2,2H3,(H,22,24). The minimum atomic E-state index is -0.566. The Morgan fingerprint density at radius 3 is 2.58 bits per heavy atom. The van der Waals surface area contributed by atoms with E-state index in [9.17, 15) is 10.2 Å². The molecule has 1 aromatic heterocycles. The molecule has 5 nitrogen and oxygen atoms in total. The lowest BCUT2D eigenvalue weighted by atomic mass is 9.77. The maximum absolute atomic E-state index is 10.4. The highest BCUT2D eigenvalue weighted by Gasteiger charge is 2.39. The fourth-order valence-corrected chi connectivity index (χ4v) is 4.15. The van der Waals surface area contributed by atoms with Gasteiger partial charge < -0.3 is 15.5 Å². The molecule has 0 radical (unpaired) electrons. The molecule has 2 aromatic rings. The molecule has 4 rings (SSSR count). The van der Waals surface area contributed by atoms with Gasteiger partial charge in [-0.3, -0.25) is 0 Å². The maximum atomic E-state index is 10.4. The fourth-order valence-electron chi connectivity index (χ4n) is 4.15. The lowest BCUT2D eigenvalue weighted by Crippen LogP contribution is -2.48. The first-order valence-corrected chi connectivity index (χ1v) is 9.30. The molecule has 1 aromatic carbocycles.